The fourth-order valence-corrected chi connectivity index (χ4v) is 2.39. The molecule has 0 saturated heterocycles. The first-order valence-electron chi connectivity index (χ1n) is 7.31. The molecule has 0 saturated carbocycles. The van der Waals surface area contributed by atoms with Crippen LogP contribution in [0.2, 0.25) is 0 Å². The van der Waals surface area contributed by atoms with Gasteiger partial charge >= 0.3 is 5.76 Å². The predicted octanol–water partition coefficient (Wildman–Crippen LogP) is 3.04. The zero-order chi connectivity index (χ0) is 15.4. The summed E-state index contributed by atoms with van der Waals surface area (Å²) in [6.07, 6.45) is 1.69. The molecule has 0 unspecified atom stereocenters. The number of benzene rings is 2. The molecule has 0 aliphatic heterocycles. The Morgan fingerprint density at radius 3 is 2.82 bits per heavy atom. The van der Waals surface area contributed by atoms with Gasteiger partial charge in [0, 0.05) is 18.3 Å². The molecule has 0 atom stereocenters. The monoisotopic (exact) mass is 298 g/mol. The second-order valence-corrected chi connectivity index (χ2v) is 5.12. The number of ether oxygens (including phenoxy) is 1. The maximum Gasteiger partial charge on any atom is 0.419 e. The van der Waals surface area contributed by atoms with Crippen molar-refractivity contribution in [2.24, 2.45) is 0 Å². The first kappa shape index (κ1) is 14.3. The van der Waals surface area contributed by atoms with Crippen LogP contribution in [0.3, 0.4) is 0 Å². The van der Waals surface area contributed by atoms with E-state index in [-0.39, 0.29) is 5.76 Å². The lowest BCUT2D eigenvalue weighted by atomic mass is 10.3. The predicted molar refractivity (Wildman–Crippen MR) is 86.1 cm³/mol. The minimum Gasteiger partial charge on any atom is -0.494 e. The number of para-hydroxylation sites is 2. The number of anilines is 1. The molecule has 1 heterocycles. The molecule has 5 heteroatoms. The van der Waals surface area contributed by atoms with E-state index in [1.54, 1.807) is 16.7 Å². The Kier molecular flexibility index (Phi) is 4.14. The Morgan fingerprint density at radius 1 is 1.09 bits per heavy atom. The fourth-order valence-electron chi connectivity index (χ4n) is 2.39. The summed E-state index contributed by atoms with van der Waals surface area (Å²) < 4.78 is 12.5. The van der Waals surface area contributed by atoms with E-state index in [9.17, 15) is 4.79 Å². The standard InChI is InChI=1S/C17H18N2O3/c18-13-6-5-7-14(12-13)21-11-4-3-10-19-15-8-1-2-9-16(15)22-17(19)20/h1-2,5-9,12H,3-4,10-11,18H2. The lowest BCUT2D eigenvalue weighted by Crippen LogP contribution is -2.14. The summed E-state index contributed by atoms with van der Waals surface area (Å²) in [4.78, 5) is 11.8. The van der Waals surface area contributed by atoms with E-state index < -0.39 is 0 Å². The number of aromatic nitrogens is 1. The lowest BCUT2D eigenvalue weighted by molar-refractivity contribution is 0.302. The molecule has 1 aromatic heterocycles. The van der Waals surface area contributed by atoms with E-state index in [2.05, 4.69) is 0 Å². The zero-order valence-electron chi connectivity index (χ0n) is 12.2. The van der Waals surface area contributed by atoms with Crippen LogP contribution in [0.1, 0.15) is 12.8 Å². The number of hydrogen-bond donors (Lipinski definition) is 1. The summed E-state index contributed by atoms with van der Waals surface area (Å²) in [7, 11) is 0. The number of hydrogen-bond acceptors (Lipinski definition) is 4. The highest BCUT2D eigenvalue weighted by atomic mass is 16.5. The second kappa shape index (κ2) is 6.39. The van der Waals surface area contributed by atoms with Gasteiger partial charge in [-0.1, -0.05) is 18.2 Å². The molecule has 0 aliphatic carbocycles. The first-order chi connectivity index (χ1) is 10.7. The Bertz CT molecular complexity index is 820. The van der Waals surface area contributed by atoms with Crippen LogP contribution in [0.25, 0.3) is 11.1 Å². The molecule has 5 nitrogen and oxygen atoms in total. The van der Waals surface area contributed by atoms with Crippen LogP contribution in [0, 0.1) is 0 Å². The molecule has 0 bridgehead atoms. The van der Waals surface area contributed by atoms with Crippen LogP contribution in [0.5, 0.6) is 5.75 Å². The number of oxazole rings is 1. The van der Waals surface area contributed by atoms with Crippen LogP contribution in [-0.2, 0) is 6.54 Å². The van der Waals surface area contributed by atoms with E-state index in [1.807, 2.05) is 36.4 Å². The molecule has 0 amide bonds. The topological polar surface area (TPSA) is 70.4 Å². The van der Waals surface area contributed by atoms with E-state index in [4.69, 9.17) is 14.9 Å². The SMILES string of the molecule is Nc1cccc(OCCCCn2c(=O)oc3ccccc32)c1. The highest BCUT2D eigenvalue weighted by Gasteiger charge is 2.07. The average molecular weight is 298 g/mol. The molecule has 2 aromatic carbocycles. The summed E-state index contributed by atoms with van der Waals surface area (Å²) in [5.41, 5.74) is 7.85. The van der Waals surface area contributed by atoms with Gasteiger partial charge in [-0.15, -0.1) is 0 Å². The summed E-state index contributed by atoms with van der Waals surface area (Å²) in [6, 6.07) is 14.8. The van der Waals surface area contributed by atoms with Gasteiger partial charge in [-0.3, -0.25) is 4.57 Å². The molecular weight excluding hydrogens is 280 g/mol. The van der Waals surface area contributed by atoms with Gasteiger partial charge in [-0.25, -0.2) is 4.79 Å². The minimum atomic E-state index is -0.307. The summed E-state index contributed by atoms with van der Waals surface area (Å²) in [5.74, 6) is 0.462. The number of rotatable bonds is 6. The Morgan fingerprint density at radius 2 is 1.95 bits per heavy atom. The zero-order valence-corrected chi connectivity index (χ0v) is 12.2. The van der Waals surface area contributed by atoms with Crippen molar-refractivity contribution in [2.45, 2.75) is 19.4 Å². The molecule has 2 N–H and O–H groups in total. The van der Waals surface area contributed by atoms with Crippen LogP contribution >= 0.6 is 0 Å². The maximum absolute atomic E-state index is 11.8. The Balaban J connectivity index is 1.52. The third-order valence-corrected chi connectivity index (χ3v) is 3.48. The average Bonchev–Trinajstić information content (AvgIpc) is 2.83. The largest absolute Gasteiger partial charge is 0.494 e. The van der Waals surface area contributed by atoms with Crippen molar-refractivity contribution in [2.75, 3.05) is 12.3 Å². The van der Waals surface area contributed by atoms with Crippen molar-refractivity contribution < 1.29 is 9.15 Å². The van der Waals surface area contributed by atoms with Crippen LogP contribution in [0.4, 0.5) is 5.69 Å². The fraction of sp³-hybridized carbons (Fsp3) is 0.235. The van der Waals surface area contributed by atoms with E-state index in [0.717, 1.165) is 24.1 Å². The molecule has 3 rings (SSSR count). The van der Waals surface area contributed by atoms with Gasteiger partial charge in [-0.05, 0) is 37.1 Å². The summed E-state index contributed by atoms with van der Waals surface area (Å²) >= 11 is 0. The summed E-state index contributed by atoms with van der Waals surface area (Å²) in [5, 5.41) is 0. The maximum atomic E-state index is 11.8. The highest BCUT2D eigenvalue weighted by molar-refractivity contribution is 5.72. The van der Waals surface area contributed by atoms with Gasteiger partial charge in [0.1, 0.15) is 5.75 Å². The van der Waals surface area contributed by atoms with Gasteiger partial charge in [0.25, 0.3) is 0 Å². The van der Waals surface area contributed by atoms with Gasteiger partial charge in [0.2, 0.25) is 0 Å². The highest BCUT2D eigenvalue weighted by Crippen LogP contribution is 2.15. The van der Waals surface area contributed by atoms with Crippen molar-refractivity contribution in [1.29, 1.82) is 0 Å². The second-order valence-electron chi connectivity index (χ2n) is 5.12. The third kappa shape index (κ3) is 3.14. The summed E-state index contributed by atoms with van der Waals surface area (Å²) in [6.45, 7) is 1.21. The first-order valence-corrected chi connectivity index (χ1v) is 7.31. The van der Waals surface area contributed by atoms with Gasteiger partial charge < -0.3 is 14.9 Å². The molecule has 22 heavy (non-hydrogen) atoms. The van der Waals surface area contributed by atoms with E-state index in [1.165, 1.54) is 0 Å². The molecule has 0 aliphatic rings. The molecule has 3 aromatic rings. The Hall–Kier alpha value is -2.69. The molecule has 0 spiro atoms. The van der Waals surface area contributed by atoms with Crippen molar-refractivity contribution in [3.05, 3.63) is 59.1 Å². The van der Waals surface area contributed by atoms with Crippen molar-refractivity contribution in [3.8, 4) is 5.75 Å². The molecule has 0 radical (unpaired) electrons. The number of nitrogen functional groups attached to an aromatic ring is 1. The molecule has 0 fully saturated rings. The van der Waals surface area contributed by atoms with Crippen molar-refractivity contribution >= 4 is 16.8 Å². The number of aryl methyl sites for hydroxylation is 1. The third-order valence-electron chi connectivity index (χ3n) is 3.48. The van der Waals surface area contributed by atoms with E-state index in [0.29, 0.717) is 24.4 Å². The smallest absolute Gasteiger partial charge is 0.419 e. The number of nitrogens with two attached hydrogens (primary N) is 1. The van der Waals surface area contributed by atoms with Gasteiger partial charge in [-0.2, -0.15) is 0 Å². The Labute approximate surface area is 127 Å². The molecule has 114 valence electrons. The van der Waals surface area contributed by atoms with Gasteiger partial charge in [0.15, 0.2) is 5.58 Å². The normalized spacial score (nSPS) is 10.9. The minimum absolute atomic E-state index is 0.307. The van der Waals surface area contributed by atoms with Crippen molar-refractivity contribution in [1.82, 2.24) is 4.57 Å². The van der Waals surface area contributed by atoms with Crippen LogP contribution < -0.4 is 16.2 Å². The molecular formula is C17H18N2O3. The van der Waals surface area contributed by atoms with Gasteiger partial charge in [0.05, 0.1) is 12.1 Å². The van der Waals surface area contributed by atoms with E-state index >= 15 is 0 Å². The number of unbranched alkanes of at least 4 members (excludes halogenated alkanes) is 1. The van der Waals surface area contributed by atoms with Crippen LogP contribution in [-0.4, -0.2) is 11.2 Å². The van der Waals surface area contributed by atoms with Crippen LogP contribution in [0.15, 0.2) is 57.7 Å². The van der Waals surface area contributed by atoms with Crippen molar-refractivity contribution in [3.63, 3.8) is 0 Å². The number of fused-ring (bicyclic) bond motifs is 1. The number of nitrogens with zero attached hydrogens (tertiary/aromatic N) is 1. The lowest BCUT2D eigenvalue weighted by Gasteiger charge is -2.07. The quantitative estimate of drug-likeness (QED) is 0.561.